The number of rotatable bonds is 4. The van der Waals surface area contributed by atoms with E-state index in [2.05, 4.69) is 16.2 Å². The predicted molar refractivity (Wildman–Crippen MR) is 91.3 cm³/mol. The minimum Gasteiger partial charge on any atom is -0.320 e. The molecule has 24 heavy (non-hydrogen) atoms. The summed E-state index contributed by atoms with van der Waals surface area (Å²) in [6, 6.07) is 8.64. The third-order valence-electron chi connectivity index (χ3n) is 4.79. The fraction of sp³-hybridized carbons (Fsp3) is 0.474. The number of para-hydroxylation sites is 1. The Labute approximate surface area is 169 Å². The zero-order valence-electron chi connectivity index (χ0n) is 14.7. The van der Waals surface area contributed by atoms with Crippen LogP contribution in [-0.4, -0.2) is 10.6 Å². The molecule has 1 radical (unpaired) electrons. The molecule has 2 aromatic rings. The Hall–Kier alpha value is -0.996. The number of nitrogens with one attached hydrogen (secondary N) is 1. The molecule has 5 heteroatoms. The van der Waals surface area contributed by atoms with E-state index < -0.39 is 0 Å². The van der Waals surface area contributed by atoms with E-state index in [1.807, 2.05) is 49.0 Å². The number of amides is 1. The van der Waals surface area contributed by atoms with Crippen LogP contribution in [0.2, 0.25) is 0 Å². The van der Waals surface area contributed by atoms with Gasteiger partial charge in [-0.3, -0.25) is 4.79 Å². The standard InChI is InChI=1S/C19H25N3O.Y/c1-15-8-6-9-16(2)19(15)20-18(23)14-21-12-7-13-22(21)17-10-4-3-5-11-17;/h6-9,12-13,17H,3-5,10-11,14H2,1-2H3;/p+1. The first-order chi connectivity index (χ1) is 11.1. The van der Waals surface area contributed by atoms with Gasteiger partial charge in [-0.05, 0) is 37.8 Å². The zero-order valence-corrected chi connectivity index (χ0v) is 17.5. The van der Waals surface area contributed by atoms with Gasteiger partial charge in [-0.2, -0.15) is 4.68 Å². The van der Waals surface area contributed by atoms with Gasteiger partial charge in [-0.25, -0.2) is 0 Å². The maximum absolute atomic E-state index is 12.5. The first-order valence-corrected chi connectivity index (χ1v) is 8.58. The molecule has 1 N–H and O–H groups in total. The van der Waals surface area contributed by atoms with Crippen molar-refractivity contribution >= 4 is 11.6 Å². The molecule has 0 unspecified atom stereocenters. The Balaban J connectivity index is 0.00000208. The number of benzene rings is 1. The van der Waals surface area contributed by atoms with Crippen LogP contribution in [0.4, 0.5) is 5.69 Å². The van der Waals surface area contributed by atoms with Gasteiger partial charge in [0, 0.05) is 44.5 Å². The van der Waals surface area contributed by atoms with Gasteiger partial charge >= 0.3 is 0 Å². The van der Waals surface area contributed by atoms with Crippen LogP contribution in [0.5, 0.6) is 0 Å². The van der Waals surface area contributed by atoms with E-state index in [-0.39, 0.29) is 38.6 Å². The molecule has 125 valence electrons. The van der Waals surface area contributed by atoms with Crippen LogP contribution < -0.4 is 10.00 Å². The van der Waals surface area contributed by atoms with Crippen molar-refractivity contribution in [1.82, 2.24) is 4.68 Å². The van der Waals surface area contributed by atoms with Crippen LogP contribution in [0.3, 0.4) is 0 Å². The molecule has 1 aliphatic rings. The van der Waals surface area contributed by atoms with Crippen LogP contribution in [-0.2, 0) is 44.0 Å². The molecular formula is C19H26N3OY+. The van der Waals surface area contributed by atoms with Crippen molar-refractivity contribution in [1.29, 1.82) is 0 Å². The summed E-state index contributed by atoms with van der Waals surface area (Å²) in [4.78, 5) is 12.5. The molecule has 1 saturated carbocycles. The number of aryl methyl sites for hydroxylation is 2. The number of anilines is 1. The third kappa shape index (κ3) is 4.54. The molecule has 0 aliphatic heterocycles. The first-order valence-electron chi connectivity index (χ1n) is 8.58. The summed E-state index contributed by atoms with van der Waals surface area (Å²) in [7, 11) is 0. The number of hydrogen-bond donors (Lipinski definition) is 1. The van der Waals surface area contributed by atoms with E-state index in [1.165, 1.54) is 32.1 Å². The number of aromatic nitrogens is 2. The quantitative estimate of drug-likeness (QED) is 0.783. The monoisotopic (exact) mass is 401 g/mol. The fourth-order valence-corrected chi connectivity index (χ4v) is 3.54. The van der Waals surface area contributed by atoms with Crippen molar-refractivity contribution in [2.45, 2.75) is 58.5 Å². The Morgan fingerprint density at radius 1 is 1.17 bits per heavy atom. The third-order valence-corrected chi connectivity index (χ3v) is 4.79. The van der Waals surface area contributed by atoms with E-state index >= 15 is 0 Å². The van der Waals surface area contributed by atoms with Gasteiger partial charge in [0.25, 0.3) is 5.91 Å². The van der Waals surface area contributed by atoms with Crippen LogP contribution >= 0.6 is 0 Å². The maximum atomic E-state index is 12.5. The second kappa shape index (κ2) is 8.91. The summed E-state index contributed by atoms with van der Waals surface area (Å²) in [6.07, 6.45) is 10.4. The zero-order chi connectivity index (χ0) is 16.2. The topological polar surface area (TPSA) is 37.9 Å². The molecule has 0 bridgehead atoms. The number of carbonyl (C=O) groups excluding carboxylic acids is 1. The van der Waals surface area contributed by atoms with Crippen molar-refractivity contribution in [3.63, 3.8) is 0 Å². The van der Waals surface area contributed by atoms with Gasteiger partial charge in [-0.1, -0.05) is 37.5 Å². The van der Waals surface area contributed by atoms with Crippen molar-refractivity contribution in [2.24, 2.45) is 0 Å². The Morgan fingerprint density at radius 3 is 2.50 bits per heavy atom. The van der Waals surface area contributed by atoms with Crippen LogP contribution in [0.1, 0.15) is 49.3 Å². The van der Waals surface area contributed by atoms with Crippen LogP contribution in [0.15, 0.2) is 36.7 Å². The smallest absolute Gasteiger partial charge is 0.292 e. The van der Waals surface area contributed by atoms with Gasteiger partial charge < -0.3 is 5.32 Å². The van der Waals surface area contributed by atoms with E-state index in [9.17, 15) is 4.79 Å². The Bertz CT molecular complexity index is 669. The van der Waals surface area contributed by atoms with Gasteiger partial charge in [0.2, 0.25) is 6.54 Å². The van der Waals surface area contributed by atoms with Gasteiger partial charge in [0.15, 0.2) is 6.20 Å². The van der Waals surface area contributed by atoms with E-state index in [4.69, 9.17) is 0 Å². The summed E-state index contributed by atoms with van der Waals surface area (Å²) in [5.74, 6) is 0.0307. The maximum Gasteiger partial charge on any atom is 0.292 e. The predicted octanol–water partition coefficient (Wildman–Crippen LogP) is 3.53. The van der Waals surface area contributed by atoms with Crippen molar-refractivity contribution in [2.75, 3.05) is 5.32 Å². The molecule has 1 aromatic carbocycles. The average Bonchev–Trinajstić information content (AvgIpc) is 3.00. The summed E-state index contributed by atoms with van der Waals surface area (Å²) < 4.78 is 4.28. The second-order valence-corrected chi connectivity index (χ2v) is 6.58. The van der Waals surface area contributed by atoms with E-state index in [0.717, 1.165) is 16.8 Å². The summed E-state index contributed by atoms with van der Waals surface area (Å²) >= 11 is 0. The Kier molecular flexibility index (Phi) is 7.18. The molecule has 1 aromatic heterocycles. The molecule has 1 amide bonds. The SMILES string of the molecule is Cc1cccc(C)c1NC(=O)C[n+]1cccn1C1CCCCC1.[Y]. The van der Waals surface area contributed by atoms with Crippen molar-refractivity contribution in [3.05, 3.63) is 47.8 Å². The molecule has 1 fully saturated rings. The van der Waals surface area contributed by atoms with Crippen molar-refractivity contribution < 1.29 is 42.2 Å². The summed E-state index contributed by atoms with van der Waals surface area (Å²) in [6.45, 7) is 4.41. The molecule has 0 spiro atoms. The van der Waals surface area contributed by atoms with Crippen LogP contribution in [0, 0.1) is 13.8 Å². The van der Waals surface area contributed by atoms with E-state index in [1.54, 1.807) is 0 Å². The van der Waals surface area contributed by atoms with Gasteiger partial charge in [-0.15, -0.1) is 4.68 Å². The average molecular weight is 401 g/mol. The van der Waals surface area contributed by atoms with Gasteiger partial charge in [0.1, 0.15) is 0 Å². The summed E-state index contributed by atoms with van der Waals surface area (Å²) in [5, 5.41) is 3.07. The van der Waals surface area contributed by atoms with E-state index in [0.29, 0.717) is 12.6 Å². The number of carbonyl (C=O) groups is 1. The molecule has 1 heterocycles. The second-order valence-electron chi connectivity index (χ2n) is 6.58. The van der Waals surface area contributed by atoms with Gasteiger partial charge in [0.05, 0.1) is 12.2 Å². The molecule has 0 atom stereocenters. The molecule has 4 nitrogen and oxygen atoms in total. The molecule has 1 aliphatic carbocycles. The first kappa shape index (κ1) is 19.3. The number of hydrogen-bond acceptors (Lipinski definition) is 1. The minimum absolute atomic E-state index is 0. The number of nitrogens with zero attached hydrogens (tertiary/aromatic N) is 2. The molecular weight excluding hydrogens is 375 g/mol. The fourth-order valence-electron chi connectivity index (χ4n) is 3.54. The normalized spacial score (nSPS) is 14.9. The van der Waals surface area contributed by atoms with Crippen molar-refractivity contribution in [3.8, 4) is 0 Å². The summed E-state index contributed by atoms with van der Waals surface area (Å²) in [5.41, 5.74) is 3.14. The molecule has 0 saturated heterocycles. The molecule has 3 rings (SSSR count). The largest absolute Gasteiger partial charge is 0.320 e. The minimum atomic E-state index is 0. The van der Waals surface area contributed by atoms with Crippen LogP contribution in [0.25, 0.3) is 0 Å². The Morgan fingerprint density at radius 2 is 1.83 bits per heavy atom.